The molecule has 6 nitrogen and oxygen atoms in total. The number of rotatable bonds is 6. The number of amides is 2. The summed E-state index contributed by atoms with van der Waals surface area (Å²) in [6.45, 7) is 4.43. The molecule has 2 amide bonds. The number of nitrogens with zero attached hydrogens (tertiary/aromatic N) is 2. The van der Waals surface area contributed by atoms with Gasteiger partial charge in [0.25, 0.3) is 5.91 Å². The van der Waals surface area contributed by atoms with E-state index < -0.39 is 0 Å². The predicted molar refractivity (Wildman–Crippen MR) is 104 cm³/mol. The summed E-state index contributed by atoms with van der Waals surface area (Å²) >= 11 is 5.94. The van der Waals surface area contributed by atoms with E-state index in [0.717, 1.165) is 37.6 Å². The van der Waals surface area contributed by atoms with E-state index in [-0.39, 0.29) is 17.6 Å². The van der Waals surface area contributed by atoms with Crippen molar-refractivity contribution in [2.45, 2.75) is 19.4 Å². The Morgan fingerprint density at radius 3 is 2.63 bits per heavy atom. The minimum Gasteiger partial charge on any atom is -0.459 e. The molecular weight excluding hydrogens is 366 g/mol. The Labute approximate surface area is 164 Å². The molecule has 2 heterocycles. The van der Waals surface area contributed by atoms with Crippen LogP contribution in [0.3, 0.4) is 0 Å². The second-order valence-electron chi connectivity index (χ2n) is 6.62. The van der Waals surface area contributed by atoms with Crippen LogP contribution in [0.2, 0.25) is 5.02 Å². The van der Waals surface area contributed by atoms with E-state index >= 15 is 0 Å². The lowest BCUT2D eigenvalue weighted by Crippen LogP contribution is -2.37. The molecule has 2 aromatic rings. The molecule has 1 aromatic heterocycles. The van der Waals surface area contributed by atoms with Crippen molar-refractivity contribution < 1.29 is 14.0 Å². The molecule has 0 unspecified atom stereocenters. The Balaban J connectivity index is 1.41. The van der Waals surface area contributed by atoms with Crippen LogP contribution in [0.25, 0.3) is 0 Å². The number of furan rings is 1. The number of carbonyl (C=O) groups excluding carboxylic acids is 2. The Kier molecular flexibility index (Phi) is 6.90. The lowest BCUT2D eigenvalue weighted by molar-refractivity contribution is -0.130. The zero-order chi connectivity index (χ0) is 19.1. The zero-order valence-electron chi connectivity index (χ0n) is 15.2. The van der Waals surface area contributed by atoms with Crippen molar-refractivity contribution in [3.63, 3.8) is 0 Å². The first-order valence-corrected chi connectivity index (χ1v) is 9.56. The van der Waals surface area contributed by atoms with Gasteiger partial charge in [0, 0.05) is 50.7 Å². The predicted octanol–water partition coefficient (Wildman–Crippen LogP) is 2.79. The fourth-order valence-electron chi connectivity index (χ4n) is 3.16. The van der Waals surface area contributed by atoms with Crippen LogP contribution in [0.5, 0.6) is 0 Å². The average molecular weight is 390 g/mol. The Morgan fingerprint density at radius 1 is 1.07 bits per heavy atom. The van der Waals surface area contributed by atoms with Gasteiger partial charge in [-0.1, -0.05) is 23.7 Å². The number of hydrogen-bond acceptors (Lipinski definition) is 4. The first-order chi connectivity index (χ1) is 13.1. The second kappa shape index (κ2) is 9.58. The summed E-state index contributed by atoms with van der Waals surface area (Å²) in [6.07, 6.45) is 2.69. The molecule has 0 bridgehead atoms. The van der Waals surface area contributed by atoms with E-state index in [2.05, 4.69) is 10.2 Å². The highest BCUT2D eigenvalue weighted by atomic mass is 35.5. The van der Waals surface area contributed by atoms with E-state index in [1.165, 1.54) is 11.8 Å². The quantitative estimate of drug-likeness (QED) is 0.825. The van der Waals surface area contributed by atoms with Gasteiger partial charge in [-0.25, -0.2) is 0 Å². The third-order valence-electron chi connectivity index (χ3n) is 4.63. The van der Waals surface area contributed by atoms with Gasteiger partial charge in [-0.15, -0.1) is 0 Å². The standard InChI is InChI=1S/C20H24ClN3O3/c21-17-6-4-16(5-7-17)15-23-10-2-11-24(13-12-23)19(25)8-9-22-20(26)18-3-1-14-27-18/h1,3-7,14H,2,8-13,15H2,(H,22,26). The monoisotopic (exact) mass is 389 g/mol. The van der Waals surface area contributed by atoms with Crippen LogP contribution in [-0.4, -0.2) is 54.3 Å². The van der Waals surface area contributed by atoms with Crippen LogP contribution in [-0.2, 0) is 11.3 Å². The molecule has 1 N–H and O–H groups in total. The maximum Gasteiger partial charge on any atom is 0.286 e. The second-order valence-corrected chi connectivity index (χ2v) is 7.06. The zero-order valence-corrected chi connectivity index (χ0v) is 16.0. The van der Waals surface area contributed by atoms with Gasteiger partial charge in [0.05, 0.1) is 6.26 Å². The fourth-order valence-corrected chi connectivity index (χ4v) is 3.29. The van der Waals surface area contributed by atoms with E-state index in [1.807, 2.05) is 29.2 Å². The van der Waals surface area contributed by atoms with Crippen LogP contribution in [0.15, 0.2) is 47.1 Å². The first kappa shape index (κ1) is 19.5. The molecule has 1 aliphatic heterocycles. The summed E-state index contributed by atoms with van der Waals surface area (Å²) in [4.78, 5) is 28.5. The van der Waals surface area contributed by atoms with E-state index in [0.29, 0.717) is 19.5 Å². The van der Waals surface area contributed by atoms with Gasteiger partial charge in [-0.05, 0) is 36.2 Å². The van der Waals surface area contributed by atoms with Gasteiger partial charge >= 0.3 is 0 Å². The van der Waals surface area contributed by atoms with Crippen LogP contribution in [0, 0.1) is 0 Å². The number of carbonyl (C=O) groups is 2. The molecule has 0 saturated carbocycles. The van der Waals surface area contributed by atoms with Gasteiger partial charge in [0.2, 0.25) is 5.91 Å². The molecule has 1 aliphatic rings. The lowest BCUT2D eigenvalue weighted by Gasteiger charge is -2.22. The summed E-state index contributed by atoms with van der Waals surface area (Å²) in [6, 6.07) is 11.1. The minimum absolute atomic E-state index is 0.0723. The molecular formula is C20H24ClN3O3. The SMILES string of the molecule is O=C(NCCC(=O)N1CCCN(Cc2ccc(Cl)cc2)CC1)c1ccco1. The van der Waals surface area contributed by atoms with Gasteiger partial charge in [-0.3, -0.25) is 14.5 Å². The molecule has 3 rings (SSSR count). The molecule has 27 heavy (non-hydrogen) atoms. The molecule has 0 aliphatic carbocycles. The summed E-state index contributed by atoms with van der Waals surface area (Å²) in [5, 5.41) is 3.46. The Bertz CT molecular complexity index is 746. The molecule has 1 saturated heterocycles. The third kappa shape index (κ3) is 5.84. The van der Waals surface area contributed by atoms with Crippen molar-refractivity contribution in [2.24, 2.45) is 0 Å². The van der Waals surface area contributed by atoms with E-state index in [9.17, 15) is 9.59 Å². The van der Waals surface area contributed by atoms with Crippen LogP contribution in [0.1, 0.15) is 29.0 Å². The van der Waals surface area contributed by atoms with Crippen molar-refractivity contribution in [1.82, 2.24) is 15.1 Å². The highest BCUT2D eigenvalue weighted by molar-refractivity contribution is 6.30. The van der Waals surface area contributed by atoms with Crippen molar-refractivity contribution in [3.05, 3.63) is 59.0 Å². The van der Waals surface area contributed by atoms with Gasteiger partial charge in [0.15, 0.2) is 5.76 Å². The number of halogens is 1. The molecule has 0 atom stereocenters. The largest absolute Gasteiger partial charge is 0.459 e. The Hall–Kier alpha value is -2.31. The van der Waals surface area contributed by atoms with E-state index in [1.54, 1.807) is 12.1 Å². The molecule has 1 aromatic carbocycles. The number of hydrogen-bond donors (Lipinski definition) is 1. The smallest absolute Gasteiger partial charge is 0.286 e. The fraction of sp³-hybridized carbons (Fsp3) is 0.400. The van der Waals surface area contributed by atoms with Gasteiger partial charge in [-0.2, -0.15) is 0 Å². The molecule has 1 fully saturated rings. The molecule has 144 valence electrons. The summed E-state index contributed by atoms with van der Waals surface area (Å²) in [5.74, 6) is 0.0379. The van der Waals surface area contributed by atoms with Gasteiger partial charge in [0.1, 0.15) is 0 Å². The maximum atomic E-state index is 12.4. The Morgan fingerprint density at radius 2 is 1.89 bits per heavy atom. The van der Waals surface area contributed by atoms with Crippen LogP contribution < -0.4 is 5.32 Å². The average Bonchev–Trinajstić information content (AvgIpc) is 3.11. The van der Waals surface area contributed by atoms with Crippen molar-refractivity contribution >= 4 is 23.4 Å². The summed E-state index contributed by atoms with van der Waals surface area (Å²) in [5.41, 5.74) is 1.22. The lowest BCUT2D eigenvalue weighted by atomic mass is 10.2. The third-order valence-corrected chi connectivity index (χ3v) is 4.88. The van der Waals surface area contributed by atoms with E-state index in [4.69, 9.17) is 16.0 Å². The van der Waals surface area contributed by atoms with Crippen molar-refractivity contribution in [2.75, 3.05) is 32.7 Å². The topological polar surface area (TPSA) is 65.8 Å². The van der Waals surface area contributed by atoms with Crippen LogP contribution in [0.4, 0.5) is 0 Å². The highest BCUT2D eigenvalue weighted by Gasteiger charge is 2.19. The maximum absolute atomic E-state index is 12.4. The normalized spacial score (nSPS) is 15.4. The molecule has 0 spiro atoms. The van der Waals surface area contributed by atoms with Crippen molar-refractivity contribution in [1.29, 1.82) is 0 Å². The number of nitrogens with one attached hydrogen (secondary N) is 1. The van der Waals surface area contributed by atoms with Crippen LogP contribution >= 0.6 is 11.6 Å². The molecule has 0 radical (unpaired) electrons. The molecule has 7 heteroatoms. The first-order valence-electron chi connectivity index (χ1n) is 9.18. The van der Waals surface area contributed by atoms with Crippen molar-refractivity contribution in [3.8, 4) is 0 Å². The number of benzene rings is 1. The highest BCUT2D eigenvalue weighted by Crippen LogP contribution is 2.13. The summed E-state index contributed by atoms with van der Waals surface area (Å²) < 4.78 is 5.03. The minimum atomic E-state index is -0.294. The summed E-state index contributed by atoms with van der Waals surface area (Å²) in [7, 11) is 0. The van der Waals surface area contributed by atoms with Gasteiger partial charge < -0.3 is 14.6 Å².